The van der Waals surface area contributed by atoms with E-state index in [4.69, 9.17) is 0 Å². The Balaban J connectivity index is 2.28. The number of aliphatic hydroxyl groups excluding tert-OH is 1. The number of carbonyl (C=O) groups is 2. The van der Waals surface area contributed by atoms with E-state index in [-0.39, 0.29) is 11.4 Å². The molecule has 0 spiro atoms. The highest BCUT2D eigenvalue weighted by Gasteiger charge is 2.41. The van der Waals surface area contributed by atoms with Crippen molar-refractivity contribution in [3.8, 4) is 0 Å². The summed E-state index contributed by atoms with van der Waals surface area (Å²) >= 11 is 0. The first-order chi connectivity index (χ1) is 10.6. The van der Waals surface area contributed by atoms with E-state index >= 15 is 0 Å². The highest BCUT2D eigenvalue weighted by Crippen LogP contribution is 2.37. The van der Waals surface area contributed by atoms with Gasteiger partial charge in [0, 0.05) is 6.54 Å². The largest absolute Gasteiger partial charge is 0.503 e. The fourth-order valence-electron chi connectivity index (χ4n) is 2.93. The van der Waals surface area contributed by atoms with E-state index in [1.165, 1.54) is 6.92 Å². The number of benzene rings is 1. The predicted molar refractivity (Wildman–Crippen MR) is 85.4 cm³/mol. The summed E-state index contributed by atoms with van der Waals surface area (Å²) in [6.07, 6.45) is 4.16. The smallest absolute Gasteiger partial charge is 0.290 e. The van der Waals surface area contributed by atoms with Gasteiger partial charge in [0.25, 0.3) is 5.91 Å². The maximum atomic E-state index is 12.3. The Morgan fingerprint density at radius 2 is 1.86 bits per heavy atom. The van der Waals surface area contributed by atoms with E-state index in [0.29, 0.717) is 6.54 Å². The second-order valence-electron chi connectivity index (χ2n) is 5.69. The number of amides is 1. The van der Waals surface area contributed by atoms with Gasteiger partial charge in [0.05, 0.1) is 11.6 Å². The number of carbonyl (C=O) groups excluding carboxylic acids is 2. The third-order valence-corrected chi connectivity index (χ3v) is 4.05. The second-order valence-corrected chi connectivity index (χ2v) is 5.69. The van der Waals surface area contributed by atoms with Crippen molar-refractivity contribution in [3.05, 3.63) is 47.2 Å². The number of ketones is 1. The summed E-state index contributed by atoms with van der Waals surface area (Å²) in [6, 6.07) is 8.96. The van der Waals surface area contributed by atoms with Crippen molar-refractivity contribution in [1.82, 2.24) is 4.90 Å². The van der Waals surface area contributed by atoms with Crippen LogP contribution in [-0.4, -0.2) is 28.2 Å². The molecule has 1 aromatic carbocycles. The van der Waals surface area contributed by atoms with E-state index in [0.717, 1.165) is 31.2 Å². The Morgan fingerprint density at radius 3 is 2.45 bits per heavy atom. The van der Waals surface area contributed by atoms with Crippen molar-refractivity contribution < 1.29 is 14.7 Å². The van der Waals surface area contributed by atoms with Gasteiger partial charge in [-0.05, 0) is 18.9 Å². The Kier molecular flexibility index (Phi) is 5.36. The fraction of sp³-hybridized carbons (Fsp3) is 0.444. The Labute approximate surface area is 131 Å². The third-order valence-electron chi connectivity index (χ3n) is 4.05. The molecule has 4 heteroatoms. The Morgan fingerprint density at radius 1 is 1.18 bits per heavy atom. The van der Waals surface area contributed by atoms with Crippen LogP contribution in [0.2, 0.25) is 0 Å². The Bertz CT molecular complexity index is 577. The van der Waals surface area contributed by atoms with Crippen molar-refractivity contribution in [1.29, 1.82) is 0 Å². The van der Waals surface area contributed by atoms with Crippen LogP contribution < -0.4 is 0 Å². The molecular weight excluding hydrogens is 278 g/mol. The minimum Gasteiger partial charge on any atom is -0.503 e. The van der Waals surface area contributed by atoms with E-state index in [2.05, 4.69) is 6.92 Å². The van der Waals surface area contributed by atoms with Crippen LogP contribution in [0.15, 0.2) is 41.7 Å². The minimum absolute atomic E-state index is 0.215. The molecule has 1 atom stereocenters. The number of hydrogen-bond acceptors (Lipinski definition) is 3. The van der Waals surface area contributed by atoms with Gasteiger partial charge < -0.3 is 10.0 Å². The van der Waals surface area contributed by atoms with Crippen molar-refractivity contribution in [3.63, 3.8) is 0 Å². The average Bonchev–Trinajstić information content (AvgIpc) is 2.77. The molecule has 1 N–H and O–H groups in total. The average molecular weight is 301 g/mol. The number of unbranched alkanes of at least 4 members (excludes halogenated alkanes) is 3. The molecule has 118 valence electrons. The van der Waals surface area contributed by atoms with Gasteiger partial charge in [0.2, 0.25) is 0 Å². The van der Waals surface area contributed by atoms with Crippen molar-refractivity contribution >= 4 is 11.7 Å². The van der Waals surface area contributed by atoms with Gasteiger partial charge in [0.1, 0.15) is 0 Å². The van der Waals surface area contributed by atoms with Crippen LogP contribution in [0.3, 0.4) is 0 Å². The summed E-state index contributed by atoms with van der Waals surface area (Å²) in [7, 11) is 0. The third kappa shape index (κ3) is 3.21. The molecule has 0 aliphatic carbocycles. The molecule has 1 amide bonds. The minimum atomic E-state index is -0.465. The summed E-state index contributed by atoms with van der Waals surface area (Å²) in [6.45, 7) is 4.09. The zero-order chi connectivity index (χ0) is 16.1. The monoisotopic (exact) mass is 301 g/mol. The molecule has 22 heavy (non-hydrogen) atoms. The lowest BCUT2D eigenvalue weighted by Gasteiger charge is -2.26. The number of nitrogens with zero attached hydrogens (tertiary/aromatic N) is 1. The molecular formula is C18H23NO3. The van der Waals surface area contributed by atoms with Gasteiger partial charge in [-0.2, -0.15) is 0 Å². The van der Waals surface area contributed by atoms with Gasteiger partial charge in [-0.25, -0.2) is 0 Å². The van der Waals surface area contributed by atoms with Gasteiger partial charge in [-0.3, -0.25) is 9.59 Å². The summed E-state index contributed by atoms with van der Waals surface area (Å²) in [5, 5.41) is 10.1. The van der Waals surface area contributed by atoms with Crippen LogP contribution in [-0.2, 0) is 9.59 Å². The molecule has 0 aromatic heterocycles. The van der Waals surface area contributed by atoms with Crippen molar-refractivity contribution in [2.45, 2.75) is 45.6 Å². The van der Waals surface area contributed by atoms with Crippen LogP contribution >= 0.6 is 0 Å². The van der Waals surface area contributed by atoms with E-state index in [1.807, 2.05) is 30.3 Å². The molecule has 0 saturated carbocycles. The van der Waals surface area contributed by atoms with Crippen LogP contribution in [0.4, 0.5) is 0 Å². The fourth-order valence-corrected chi connectivity index (χ4v) is 2.93. The number of aliphatic hydroxyl groups is 1. The number of Topliss-reactive ketones (excluding diaryl/α,β-unsaturated/α-hetero) is 1. The second kappa shape index (κ2) is 7.25. The SMILES string of the molecule is CCCCCCN1C(=O)C(O)=C(C(C)=O)C1c1ccccc1. The molecule has 4 nitrogen and oxygen atoms in total. The molecule has 1 aliphatic heterocycles. The quantitative estimate of drug-likeness (QED) is 0.784. The van der Waals surface area contributed by atoms with E-state index in [9.17, 15) is 14.7 Å². The molecule has 0 bridgehead atoms. The van der Waals surface area contributed by atoms with E-state index < -0.39 is 17.7 Å². The Hall–Kier alpha value is -2.10. The maximum absolute atomic E-state index is 12.3. The lowest BCUT2D eigenvalue weighted by Crippen LogP contribution is -2.32. The van der Waals surface area contributed by atoms with Crippen LogP contribution in [0.5, 0.6) is 0 Å². The first kappa shape index (κ1) is 16.3. The van der Waals surface area contributed by atoms with Gasteiger partial charge in [0.15, 0.2) is 11.5 Å². The summed E-state index contributed by atoms with van der Waals surface area (Å²) in [5.74, 6) is -1.08. The first-order valence-electron chi connectivity index (χ1n) is 7.88. The molecule has 1 aromatic rings. The lowest BCUT2D eigenvalue weighted by molar-refractivity contribution is -0.129. The zero-order valence-corrected chi connectivity index (χ0v) is 13.2. The van der Waals surface area contributed by atoms with Crippen LogP contribution in [0.1, 0.15) is 51.1 Å². The standard InChI is InChI=1S/C18H23NO3/c1-3-4-5-9-12-19-16(14-10-7-6-8-11-14)15(13(2)20)17(21)18(19)22/h6-8,10-11,16,21H,3-5,9,12H2,1-2H3. The topological polar surface area (TPSA) is 57.6 Å². The summed E-state index contributed by atoms with van der Waals surface area (Å²) in [4.78, 5) is 25.9. The van der Waals surface area contributed by atoms with Crippen LogP contribution in [0, 0.1) is 0 Å². The molecule has 0 saturated heterocycles. The molecule has 1 heterocycles. The summed E-state index contributed by atoms with van der Waals surface area (Å²) < 4.78 is 0. The first-order valence-corrected chi connectivity index (χ1v) is 7.88. The maximum Gasteiger partial charge on any atom is 0.290 e. The van der Waals surface area contributed by atoms with Crippen molar-refractivity contribution in [2.75, 3.05) is 6.54 Å². The zero-order valence-electron chi connectivity index (χ0n) is 13.2. The van der Waals surface area contributed by atoms with E-state index in [1.54, 1.807) is 4.90 Å². The lowest BCUT2D eigenvalue weighted by atomic mass is 9.96. The normalized spacial score (nSPS) is 18.2. The molecule has 0 fully saturated rings. The molecule has 1 unspecified atom stereocenters. The van der Waals surface area contributed by atoms with Gasteiger partial charge in [-0.15, -0.1) is 0 Å². The number of hydrogen-bond donors (Lipinski definition) is 1. The van der Waals surface area contributed by atoms with Crippen LogP contribution in [0.25, 0.3) is 0 Å². The molecule has 0 radical (unpaired) electrons. The highest BCUT2D eigenvalue weighted by atomic mass is 16.3. The predicted octanol–water partition coefficient (Wildman–Crippen LogP) is 3.55. The van der Waals surface area contributed by atoms with Gasteiger partial charge >= 0.3 is 0 Å². The summed E-state index contributed by atoms with van der Waals surface area (Å²) in [5.41, 5.74) is 1.08. The number of rotatable bonds is 7. The highest BCUT2D eigenvalue weighted by molar-refractivity contribution is 6.08. The van der Waals surface area contributed by atoms with Gasteiger partial charge in [-0.1, -0.05) is 56.5 Å². The molecule has 2 rings (SSSR count). The molecule has 1 aliphatic rings. The van der Waals surface area contributed by atoms with Crippen molar-refractivity contribution in [2.24, 2.45) is 0 Å².